The molecular formula is C60H38N2OS. The maximum Gasteiger partial charge on any atom is 0.143 e. The molecule has 64 heavy (non-hydrogen) atoms. The largest absolute Gasteiger partial charge is 0.455 e. The molecule has 0 aliphatic rings. The summed E-state index contributed by atoms with van der Waals surface area (Å²) in [6, 6.07) is 83.5. The van der Waals surface area contributed by atoms with Gasteiger partial charge in [0.1, 0.15) is 11.2 Å². The van der Waals surface area contributed by atoms with Gasteiger partial charge >= 0.3 is 0 Å². The lowest BCUT2D eigenvalue weighted by Crippen LogP contribution is -2.11. The van der Waals surface area contributed by atoms with Crippen molar-refractivity contribution in [3.05, 3.63) is 231 Å². The first kappa shape index (κ1) is 36.5. The van der Waals surface area contributed by atoms with E-state index < -0.39 is 0 Å². The fourth-order valence-electron chi connectivity index (χ4n) is 9.94. The van der Waals surface area contributed by atoms with Crippen LogP contribution in [0, 0.1) is 0 Å². The second kappa shape index (κ2) is 14.7. The summed E-state index contributed by atoms with van der Waals surface area (Å²) in [6.07, 6.45) is 0. The predicted octanol–water partition coefficient (Wildman–Crippen LogP) is 17.5. The van der Waals surface area contributed by atoms with Gasteiger partial charge in [-0.2, -0.15) is 0 Å². The van der Waals surface area contributed by atoms with Crippen molar-refractivity contribution in [1.29, 1.82) is 0 Å². The maximum atomic E-state index is 6.65. The zero-order chi connectivity index (χ0) is 42.1. The molecule has 0 radical (unpaired) electrons. The van der Waals surface area contributed by atoms with Crippen molar-refractivity contribution in [2.45, 2.75) is 0 Å². The quantitative estimate of drug-likeness (QED) is 0.159. The Morgan fingerprint density at radius 3 is 1.91 bits per heavy atom. The topological polar surface area (TPSA) is 21.3 Å². The van der Waals surface area contributed by atoms with E-state index in [1.807, 2.05) is 17.4 Å². The van der Waals surface area contributed by atoms with Gasteiger partial charge in [0.2, 0.25) is 0 Å². The molecule has 3 nitrogen and oxygen atoms in total. The molecule has 13 aromatic rings. The first-order valence-corrected chi connectivity index (χ1v) is 22.6. The molecule has 0 amide bonds. The van der Waals surface area contributed by atoms with Crippen LogP contribution < -0.4 is 4.90 Å². The van der Waals surface area contributed by atoms with Crippen LogP contribution in [-0.2, 0) is 0 Å². The monoisotopic (exact) mass is 834 g/mol. The van der Waals surface area contributed by atoms with E-state index >= 15 is 0 Å². The summed E-state index contributed by atoms with van der Waals surface area (Å²) in [4.78, 5) is 2.44. The Labute approximate surface area is 373 Å². The third-order valence-electron chi connectivity index (χ3n) is 12.8. The SMILES string of the molecule is c1ccc(-c2ccccc2-n2c3ccccc3c3ccc(N(c4ccccc4)c4ccc(-c5cccc6c5oc5ccccc56)cc4-c4cccc5c4sc4ccccc45)cc32)cc1. The first-order valence-electron chi connectivity index (χ1n) is 21.8. The number of hydrogen-bond acceptors (Lipinski definition) is 3. The minimum atomic E-state index is 0.895. The van der Waals surface area contributed by atoms with Gasteiger partial charge in [-0.3, -0.25) is 0 Å². The van der Waals surface area contributed by atoms with Crippen LogP contribution in [0.2, 0.25) is 0 Å². The van der Waals surface area contributed by atoms with Crippen molar-refractivity contribution < 1.29 is 4.42 Å². The van der Waals surface area contributed by atoms with Crippen LogP contribution >= 0.6 is 11.3 Å². The van der Waals surface area contributed by atoms with E-state index in [1.165, 1.54) is 53.2 Å². The molecule has 13 rings (SSSR count). The number of anilines is 3. The summed E-state index contributed by atoms with van der Waals surface area (Å²) in [5, 5.41) is 7.22. The predicted molar refractivity (Wildman–Crippen MR) is 272 cm³/mol. The Balaban J connectivity index is 1.09. The molecule has 0 bridgehead atoms. The van der Waals surface area contributed by atoms with Gasteiger partial charge in [-0.05, 0) is 71.8 Å². The molecule has 10 aromatic carbocycles. The fourth-order valence-corrected chi connectivity index (χ4v) is 11.2. The van der Waals surface area contributed by atoms with Gasteiger partial charge in [-0.1, -0.05) is 170 Å². The molecule has 0 unspecified atom stereocenters. The third kappa shape index (κ3) is 5.73. The molecule has 3 aromatic heterocycles. The second-order valence-electron chi connectivity index (χ2n) is 16.4. The van der Waals surface area contributed by atoms with E-state index in [4.69, 9.17) is 4.42 Å². The van der Waals surface area contributed by atoms with Crippen molar-refractivity contribution >= 4 is 92.3 Å². The highest BCUT2D eigenvalue weighted by Gasteiger charge is 2.24. The average molecular weight is 835 g/mol. The van der Waals surface area contributed by atoms with Crippen LogP contribution in [0.15, 0.2) is 235 Å². The molecule has 0 fully saturated rings. The van der Waals surface area contributed by atoms with E-state index in [2.05, 4.69) is 234 Å². The lowest BCUT2D eigenvalue weighted by molar-refractivity contribution is 0.670. The summed E-state index contributed by atoms with van der Waals surface area (Å²) in [5.41, 5.74) is 15.4. The Morgan fingerprint density at radius 2 is 1.03 bits per heavy atom. The molecule has 0 N–H and O–H groups in total. The van der Waals surface area contributed by atoms with Gasteiger partial charge in [0, 0.05) is 75.3 Å². The van der Waals surface area contributed by atoms with E-state index in [9.17, 15) is 0 Å². The highest BCUT2D eigenvalue weighted by atomic mass is 32.1. The number of benzene rings is 10. The molecule has 300 valence electrons. The van der Waals surface area contributed by atoms with Crippen molar-refractivity contribution in [2.75, 3.05) is 4.90 Å². The molecule has 0 spiro atoms. The van der Waals surface area contributed by atoms with Gasteiger partial charge < -0.3 is 13.9 Å². The number of hydrogen-bond donors (Lipinski definition) is 0. The molecule has 4 heteroatoms. The van der Waals surface area contributed by atoms with Crippen molar-refractivity contribution in [2.24, 2.45) is 0 Å². The van der Waals surface area contributed by atoms with Crippen molar-refractivity contribution in [3.63, 3.8) is 0 Å². The second-order valence-corrected chi connectivity index (χ2v) is 17.5. The number of nitrogens with zero attached hydrogens (tertiary/aromatic N) is 2. The Hall–Kier alpha value is -8.18. The number of para-hydroxylation sites is 5. The van der Waals surface area contributed by atoms with E-state index in [-0.39, 0.29) is 0 Å². The minimum Gasteiger partial charge on any atom is -0.455 e. The lowest BCUT2D eigenvalue weighted by Gasteiger charge is -2.29. The number of fused-ring (bicyclic) bond motifs is 9. The highest BCUT2D eigenvalue weighted by molar-refractivity contribution is 7.26. The van der Waals surface area contributed by atoms with Crippen molar-refractivity contribution in [1.82, 2.24) is 4.57 Å². The Kier molecular flexibility index (Phi) is 8.40. The van der Waals surface area contributed by atoms with Gasteiger partial charge in [-0.15, -0.1) is 11.3 Å². The fraction of sp³-hybridized carbons (Fsp3) is 0. The zero-order valence-corrected chi connectivity index (χ0v) is 35.5. The molecular weight excluding hydrogens is 797 g/mol. The zero-order valence-electron chi connectivity index (χ0n) is 34.7. The number of thiophene rings is 1. The van der Waals surface area contributed by atoms with E-state index in [0.717, 1.165) is 66.9 Å². The summed E-state index contributed by atoms with van der Waals surface area (Å²) in [5.74, 6) is 0. The van der Waals surface area contributed by atoms with Gasteiger partial charge in [0.25, 0.3) is 0 Å². The normalized spacial score (nSPS) is 11.8. The smallest absolute Gasteiger partial charge is 0.143 e. The number of aromatic nitrogens is 1. The molecule has 0 aliphatic carbocycles. The summed E-state index contributed by atoms with van der Waals surface area (Å²) in [7, 11) is 0. The standard InChI is InChI=1S/C60H38N2OS/c1-3-17-39(18-4-1)43-21-7-11-29-53(43)62-54-30-12-8-22-45(54)46-35-34-42(38-56(46)62)61(41-19-5-2-6-20-41)55-36-33-40(44-25-15-26-49-47-23-9-13-31-57(47)63-59(44)49)37-52(55)51-28-16-27-50-48-24-10-14-32-58(48)64-60(50)51/h1-38H. The Morgan fingerprint density at radius 1 is 0.375 bits per heavy atom. The van der Waals surface area contributed by atoms with Crippen LogP contribution in [0.5, 0.6) is 0 Å². The summed E-state index contributed by atoms with van der Waals surface area (Å²) >= 11 is 1.87. The van der Waals surface area contributed by atoms with Gasteiger partial charge in [0.05, 0.1) is 22.4 Å². The maximum absolute atomic E-state index is 6.65. The summed E-state index contributed by atoms with van der Waals surface area (Å²) in [6.45, 7) is 0. The molecule has 0 saturated carbocycles. The lowest BCUT2D eigenvalue weighted by atomic mass is 9.94. The highest BCUT2D eigenvalue weighted by Crippen LogP contribution is 2.49. The van der Waals surface area contributed by atoms with Crippen molar-refractivity contribution in [3.8, 4) is 39.1 Å². The summed E-state index contributed by atoms with van der Waals surface area (Å²) < 4.78 is 11.7. The third-order valence-corrected chi connectivity index (χ3v) is 14.0. The van der Waals surface area contributed by atoms with Gasteiger partial charge in [-0.25, -0.2) is 0 Å². The van der Waals surface area contributed by atoms with Crippen LogP contribution in [0.1, 0.15) is 0 Å². The van der Waals surface area contributed by atoms with E-state index in [0.29, 0.717) is 0 Å². The molecule has 3 heterocycles. The van der Waals surface area contributed by atoms with Crippen LogP contribution in [0.3, 0.4) is 0 Å². The molecule has 0 aliphatic heterocycles. The minimum absolute atomic E-state index is 0.895. The number of rotatable bonds is 7. The van der Waals surface area contributed by atoms with Crippen LogP contribution in [0.4, 0.5) is 17.1 Å². The first-order chi connectivity index (χ1) is 31.8. The van der Waals surface area contributed by atoms with E-state index in [1.54, 1.807) is 0 Å². The average Bonchev–Trinajstić information content (AvgIpc) is 4.04. The molecule has 0 atom stereocenters. The Bertz CT molecular complexity index is 3910. The van der Waals surface area contributed by atoms with Crippen LogP contribution in [-0.4, -0.2) is 4.57 Å². The molecule has 0 saturated heterocycles. The number of furan rings is 1. The van der Waals surface area contributed by atoms with Crippen LogP contribution in [0.25, 0.3) is 103 Å². The van der Waals surface area contributed by atoms with Gasteiger partial charge in [0.15, 0.2) is 0 Å².